The minimum Gasteiger partial charge on any atom is -0.421 e. The van der Waals surface area contributed by atoms with Crippen LogP contribution in [0.5, 0.6) is 0 Å². The summed E-state index contributed by atoms with van der Waals surface area (Å²) in [6.45, 7) is 1.86. The van der Waals surface area contributed by atoms with Gasteiger partial charge in [0.15, 0.2) is 40.1 Å². The summed E-state index contributed by atoms with van der Waals surface area (Å²) in [4.78, 5) is 15.1. The molecule has 30 heteroatoms. The first-order chi connectivity index (χ1) is 24.7. The summed E-state index contributed by atoms with van der Waals surface area (Å²) in [5.74, 6) is 0.303. The number of hydrogen-bond acceptors (Lipinski definition) is 10. The molecule has 1 saturated carbocycles. The number of fused-ring (bicyclic) bond motifs is 1. The van der Waals surface area contributed by atoms with Crippen LogP contribution >= 0.6 is 0 Å². The summed E-state index contributed by atoms with van der Waals surface area (Å²) < 4.78 is 218. The Bertz CT molecular complexity index is 1920. The molecule has 1 radical (unpaired) electrons. The molecule has 1 heterocycles. The Balaban J connectivity index is 0.000000444. The largest absolute Gasteiger partial charge is 2.00 e. The van der Waals surface area contributed by atoms with Crippen LogP contribution in [-0.4, -0.2) is 91.7 Å². The number of benzene rings is 2. The van der Waals surface area contributed by atoms with Gasteiger partial charge in [0, 0.05) is 19.1 Å². The van der Waals surface area contributed by atoms with E-state index in [9.17, 15) is 91.2 Å². The number of sulfonamides is 4. The molecule has 0 bridgehead atoms. The molecule has 2 aliphatic rings. The van der Waals surface area contributed by atoms with Gasteiger partial charge in [-0.25, -0.2) is 33.7 Å². The maximum atomic E-state index is 13.1. The molecule has 0 aromatic heterocycles. The number of hydrogen-bond donors (Lipinski definition) is 1. The van der Waals surface area contributed by atoms with Crippen molar-refractivity contribution in [1.29, 1.82) is 0 Å². The van der Waals surface area contributed by atoms with E-state index >= 15 is 0 Å². The maximum Gasteiger partial charge on any atom is 2.00 e. The van der Waals surface area contributed by atoms with E-state index in [-0.39, 0.29) is 23.1 Å². The minimum absolute atomic E-state index is 0. The Morgan fingerprint density at radius 1 is 0.625 bits per heavy atom. The van der Waals surface area contributed by atoms with Crippen molar-refractivity contribution in [2.24, 2.45) is 0 Å². The van der Waals surface area contributed by atoms with Crippen LogP contribution < -0.4 is 5.32 Å². The fourth-order valence-electron chi connectivity index (χ4n) is 4.78. The second-order valence-electron chi connectivity index (χ2n) is 11.5. The van der Waals surface area contributed by atoms with Crippen LogP contribution in [0.2, 0.25) is 0 Å². The van der Waals surface area contributed by atoms with Gasteiger partial charge in [-0.05, 0) is 48.4 Å². The molecule has 0 unspecified atom stereocenters. The van der Waals surface area contributed by atoms with Gasteiger partial charge in [-0.3, -0.25) is 4.79 Å². The predicted molar refractivity (Wildman–Crippen MR) is 169 cm³/mol. The summed E-state index contributed by atoms with van der Waals surface area (Å²) in [5, 5.41) is 6.22. The van der Waals surface area contributed by atoms with E-state index in [1.54, 1.807) is 0 Å². The topological polar surface area (TPSA) is 197 Å². The average molecular weight is 960 g/mol. The number of rotatable bonds is 9. The number of nitrogens with zero attached hydrogens (tertiary/aromatic N) is 3. The van der Waals surface area contributed by atoms with E-state index in [2.05, 4.69) is 52.7 Å². The molecule has 4 rings (SSSR count). The Hall–Kier alpha value is -2.47. The van der Waals surface area contributed by atoms with Crippen LogP contribution in [0.15, 0.2) is 42.5 Å². The standard InChI is InChI=1S/C22H28N2O.2C2F6NO4S2.Cu/c25-22(24-13-5-6-14-24)21(23-20-9-3-4-10-20)16-17-11-12-18-7-1-2-8-19(18)15-17;2*3-1(4,5)14(10,11)9-15(12,13)2(6,7)8;/h1-2,7-8,11-12,15,20-21,23H,3-6,9-10,13-14,16H2;;;/q;2*-1;+2/t21-;;;/m0.../s1. The van der Waals surface area contributed by atoms with Crippen molar-refractivity contribution < 1.29 is 108 Å². The van der Waals surface area contributed by atoms with Crippen LogP contribution in [0.3, 0.4) is 0 Å². The smallest absolute Gasteiger partial charge is 0.421 e. The van der Waals surface area contributed by atoms with Gasteiger partial charge in [0.1, 0.15) is 0 Å². The van der Waals surface area contributed by atoms with E-state index in [1.165, 1.54) is 42.0 Å². The first-order valence-electron chi connectivity index (χ1n) is 15.0. The molecule has 2 aromatic carbocycles. The summed E-state index contributed by atoms with van der Waals surface area (Å²) in [7, 11) is -26.9. The van der Waals surface area contributed by atoms with Crippen molar-refractivity contribution in [2.45, 2.75) is 79.1 Å². The third-order valence-corrected chi connectivity index (χ3v) is 12.8. The Labute approximate surface area is 322 Å². The van der Waals surface area contributed by atoms with E-state index in [0.717, 1.165) is 40.6 Å². The van der Waals surface area contributed by atoms with Gasteiger partial charge in [0.25, 0.3) is 0 Å². The monoisotopic (exact) mass is 959 g/mol. The number of likely N-dealkylation sites (tertiary alicyclic amines) is 1. The molecule has 325 valence electrons. The molecule has 1 N–H and O–H groups in total. The zero-order valence-electron chi connectivity index (χ0n) is 27.5. The number of carbonyl (C=O) groups excluding carboxylic acids is 1. The van der Waals surface area contributed by atoms with E-state index in [0.29, 0.717) is 11.9 Å². The molecule has 2 fully saturated rings. The Morgan fingerprint density at radius 2 is 1.00 bits per heavy atom. The molecule has 1 aliphatic carbocycles. The van der Waals surface area contributed by atoms with Crippen molar-refractivity contribution >= 4 is 56.8 Å². The van der Waals surface area contributed by atoms with Gasteiger partial charge in [0.05, 0.1) is 6.04 Å². The number of amides is 1. The van der Waals surface area contributed by atoms with E-state index in [1.807, 2.05) is 0 Å². The van der Waals surface area contributed by atoms with Crippen LogP contribution in [0.25, 0.3) is 19.0 Å². The van der Waals surface area contributed by atoms with Crippen molar-refractivity contribution in [2.75, 3.05) is 13.1 Å². The second-order valence-corrected chi connectivity index (χ2v) is 18.3. The molecular weight excluding hydrogens is 932 g/mol. The zero-order chi connectivity index (χ0) is 42.5. The molecule has 1 saturated heterocycles. The van der Waals surface area contributed by atoms with Crippen LogP contribution in [0, 0.1) is 0 Å². The first-order valence-corrected chi connectivity index (χ1v) is 20.7. The molecule has 1 aliphatic heterocycles. The van der Waals surface area contributed by atoms with Gasteiger partial charge in [-0.15, -0.1) is 0 Å². The molecule has 1 atom stereocenters. The van der Waals surface area contributed by atoms with Crippen molar-refractivity contribution in [3.8, 4) is 0 Å². The summed E-state index contributed by atoms with van der Waals surface area (Å²) in [6, 6.07) is 15.5. The quantitative estimate of drug-likeness (QED) is 0.229. The van der Waals surface area contributed by atoms with Crippen molar-refractivity contribution in [3.63, 3.8) is 0 Å². The SMILES string of the molecule is O=C([C@H](Cc1ccc2ccccc2c1)NC1CCCC1)N1CCCC1.O=S(=O)([N-]S(=O)(=O)C(F)(F)F)C(F)(F)F.O=S(=O)([N-]S(=O)(=O)C(F)(F)F)C(F)(F)F.[Cu+2]. The first kappa shape index (κ1) is 51.5. The van der Waals surface area contributed by atoms with Gasteiger partial charge >= 0.3 is 39.1 Å². The number of halogens is 12. The predicted octanol–water partition coefficient (Wildman–Crippen LogP) is 6.02. The number of nitrogens with one attached hydrogen (secondary N) is 1. The van der Waals surface area contributed by atoms with E-state index < -0.39 is 62.1 Å². The van der Waals surface area contributed by atoms with Gasteiger partial charge in [0.2, 0.25) is 5.91 Å². The van der Waals surface area contributed by atoms with Crippen molar-refractivity contribution in [1.82, 2.24) is 10.2 Å². The molecule has 2 aromatic rings. The Kier molecular flexibility index (Phi) is 17.6. The maximum absolute atomic E-state index is 13.1. The molecule has 0 spiro atoms. The van der Waals surface area contributed by atoms with Crippen LogP contribution in [0.1, 0.15) is 44.1 Å². The molecule has 56 heavy (non-hydrogen) atoms. The Morgan fingerprint density at radius 3 is 1.38 bits per heavy atom. The second kappa shape index (κ2) is 19.1. The summed E-state index contributed by atoms with van der Waals surface area (Å²) in [5.41, 5.74) is -23.6. The molecular formula is C26H28CuF12N4O9S4. The number of alkyl halides is 12. The van der Waals surface area contributed by atoms with Crippen molar-refractivity contribution in [3.05, 3.63) is 56.3 Å². The molecule has 1 amide bonds. The number of carbonyl (C=O) groups is 1. The van der Waals surface area contributed by atoms with E-state index in [4.69, 9.17) is 0 Å². The van der Waals surface area contributed by atoms with Crippen LogP contribution in [-0.2, 0) is 68.4 Å². The van der Waals surface area contributed by atoms with Crippen LogP contribution in [0.4, 0.5) is 52.7 Å². The van der Waals surface area contributed by atoms with Gasteiger partial charge < -0.3 is 18.5 Å². The summed E-state index contributed by atoms with van der Waals surface area (Å²) in [6.07, 6.45) is 8.09. The summed E-state index contributed by atoms with van der Waals surface area (Å²) >= 11 is 0. The fourth-order valence-corrected chi connectivity index (χ4v) is 8.20. The average Bonchev–Trinajstić information content (AvgIpc) is 3.73. The van der Waals surface area contributed by atoms with Gasteiger partial charge in [-0.1, -0.05) is 55.3 Å². The minimum atomic E-state index is -6.72. The fraction of sp³-hybridized carbons (Fsp3) is 0.577. The van der Waals surface area contributed by atoms with Gasteiger partial charge in [-0.2, -0.15) is 52.7 Å². The normalized spacial score (nSPS) is 17.0. The molecule has 13 nitrogen and oxygen atoms in total. The third kappa shape index (κ3) is 14.4. The third-order valence-electron chi connectivity index (χ3n) is 7.32. The zero-order valence-corrected chi connectivity index (χ0v) is 31.8.